The summed E-state index contributed by atoms with van der Waals surface area (Å²) in [5, 5.41) is 21.8. The number of halogens is 1. The highest BCUT2D eigenvalue weighted by Crippen LogP contribution is 2.27. The van der Waals surface area contributed by atoms with Gasteiger partial charge in [-0.15, -0.1) is 0 Å². The predicted molar refractivity (Wildman–Crippen MR) is 127 cm³/mol. The Labute approximate surface area is 199 Å². The fourth-order valence-electron chi connectivity index (χ4n) is 4.50. The maximum atomic E-state index is 12.7. The molecule has 2 heterocycles. The Morgan fingerprint density at radius 3 is 2.55 bits per heavy atom. The summed E-state index contributed by atoms with van der Waals surface area (Å²) in [6.07, 6.45) is 6.99. The molecule has 33 heavy (non-hydrogen) atoms. The molecule has 2 aromatic rings. The van der Waals surface area contributed by atoms with E-state index < -0.39 is 0 Å². The Morgan fingerprint density at radius 2 is 1.94 bits per heavy atom. The van der Waals surface area contributed by atoms with E-state index in [-0.39, 0.29) is 24.7 Å². The van der Waals surface area contributed by atoms with Crippen LogP contribution in [0.1, 0.15) is 54.4 Å². The summed E-state index contributed by atoms with van der Waals surface area (Å²) >= 11 is 6.08. The fourth-order valence-corrected chi connectivity index (χ4v) is 4.71. The molecular formula is C25H29ClN4O3. The maximum absolute atomic E-state index is 12.7. The molecule has 2 aliphatic rings. The summed E-state index contributed by atoms with van der Waals surface area (Å²) in [7, 11) is 0. The zero-order chi connectivity index (χ0) is 23.2. The van der Waals surface area contributed by atoms with E-state index in [9.17, 15) is 9.90 Å². The van der Waals surface area contributed by atoms with Crippen LogP contribution in [0.15, 0.2) is 36.5 Å². The number of hydrogen-bond acceptors (Lipinski definition) is 6. The van der Waals surface area contributed by atoms with Gasteiger partial charge in [-0.2, -0.15) is 5.26 Å². The van der Waals surface area contributed by atoms with E-state index in [4.69, 9.17) is 21.6 Å². The van der Waals surface area contributed by atoms with Crippen molar-refractivity contribution < 1.29 is 14.6 Å². The third-order valence-corrected chi connectivity index (χ3v) is 6.89. The zero-order valence-corrected chi connectivity index (χ0v) is 19.3. The van der Waals surface area contributed by atoms with Gasteiger partial charge in [0, 0.05) is 38.0 Å². The maximum Gasteiger partial charge on any atom is 0.253 e. The molecule has 0 spiro atoms. The smallest absolute Gasteiger partial charge is 0.253 e. The van der Waals surface area contributed by atoms with Crippen LogP contribution in [-0.4, -0.2) is 47.8 Å². The molecule has 8 heteroatoms. The number of nitrogens with one attached hydrogen (secondary N) is 1. The quantitative estimate of drug-likeness (QED) is 0.666. The van der Waals surface area contributed by atoms with Gasteiger partial charge in [0.15, 0.2) is 0 Å². The zero-order valence-electron chi connectivity index (χ0n) is 18.5. The van der Waals surface area contributed by atoms with Gasteiger partial charge < -0.3 is 20.1 Å². The molecule has 1 saturated heterocycles. The summed E-state index contributed by atoms with van der Waals surface area (Å²) in [4.78, 5) is 19.4. The van der Waals surface area contributed by atoms with Gasteiger partial charge in [-0.1, -0.05) is 11.6 Å². The average molecular weight is 469 g/mol. The lowest BCUT2D eigenvalue weighted by atomic mass is 9.92. The normalized spacial score (nSPS) is 21.3. The number of anilines is 1. The van der Waals surface area contributed by atoms with Crippen molar-refractivity contribution in [2.75, 3.05) is 24.6 Å². The van der Waals surface area contributed by atoms with E-state index >= 15 is 0 Å². The number of nitriles is 1. The number of aromatic nitrogens is 1. The first-order valence-corrected chi connectivity index (χ1v) is 11.9. The highest BCUT2D eigenvalue weighted by molar-refractivity contribution is 6.31. The van der Waals surface area contributed by atoms with Crippen LogP contribution in [0.25, 0.3) is 0 Å². The molecule has 2 fully saturated rings. The number of benzene rings is 1. The first kappa shape index (κ1) is 23.3. The first-order valence-electron chi connectivity index (χ1n) is 11.5. The minimum Gasteiger partial charge on any atom is -0.490 e. The van der Waals surface area contributed by atoms with Crippen LogP contribution in [0.5, 0.6) is 5.75 Å². The summed E-state index contributed by atoms with van der Waals surface area (Å²) in [6, 6.07) is 11.0. The lowest BCUT2D eigenvalue weighted by Crippen LogP contribution is -2.39. The number of hydrogen-bond donors (Lipinski definition) is 2. The summed E-state index contributed by atoms with van der Waals surface area (Å²) in [5.74, 6) is 1.83. The van der Waals surface area contributed by atoms with Crippen molar-refractivity contribution >= 4 is 23.3 Å². The molecule has 0 atom stereocenters. The van der Waals surface area contributed by atoms with Gasteiger partial charge in [0.05, 0.1) is 22.3 Å². The van der Waals surface area contributed by atoms with Crippen LogP contribution < -0.4 is 15.0 Å². The van der Waals surface area contributed by atoms with Gasteiger partial charge in [0.1, 0.15) is 17.6 Å². The van der Waals surface area contributed by atoms with Crippen molar-refractivity contribution in [3.8, 4) is 11.8 Å². The molecule has 7 nitrogen and oxygen atoms in total. The molecule has 1 aliphatic carbocycles. The molecule has 1 aliphatic heterocycles. The highest BCUT2D eigenvalue weighted by atomic mass is 35.5. The van der Waals surface area contributed by atoms with E-state index in [0.29, 0.717) is 27.8 Å². The van der Waals surface area contributed by atoms with Crippen molar-refractivity contribution in [3.05, 3.63) is 52.7 Å². The van der Waals surface area contributed by atoms with Gasteiger partial charge in [0.25, 0.3) is 5.91 Å². The molecule has 0 radical (unpaired) electrons. The molecule has 1 aromatic heterocycles. The van der Waals surface area contributed by atoms with Gasteiger partial charge in [0.2, 0.25) is 0 Å². The van der Waals surface area contributed by atoms with Gasteiger partial charge >= 0.3 is 0 Å². The summed E-state index contributed by atoms with van der Waals surface area (Å²) < 4.78 is 6.02. The first-order chi connectivity index (χ1) is 16.1. The molecule has 2 N–H and O–H groups in total. The number of ether oxygens (including phenoxy) is 1. The van der Waals surface area contributed by atoms with Crippen LogP contribution in [0.4, 0.5) is 5.82 Å². The molecule has 4 rings (SSSR count). The van der Waals surface area contributed by atoms with Crippen LogP contribution >= 0.6 is 11.6 Å². The Hall–Kier alpha value is -2.82. The predicted octanol–water partition coefficient (Wildman–Crippen LogP) is 3.94. The SMILES string of the molecule is N#Cc1ccc(OC2CCC(NC(=O)c3ccc(N4CCC(CO)CC4)nc3)CC2)cc1Cl. The fraction of sp³-hybridized carbons (Fsp3) is 0.480. The minimum atomic E-state index is -0.101. The van der Waals surface area contributed by atoms with Gasteiger partial charge in [-0.3, -0.25) is 4.79 Å². The van der Waals surface area contributed by atoms with Crippen LogP contribution in [0, 0.1) is 17.2 Å². The molecule has 1 amide bonds. The molecular weight excluding hydrogens is 440 g/mol. The number of nitrogens with zero attached hydrogens (tertiary/aromatic N) is 3. The van der Waals surface area contributed by atoms with E-state index in [1.54, 1.807) is 24.4 Å². The topological polar surface area (TPSA) is 98.5 Å². The Morgan fingerprint density at radius 1 is 1.18 bits per heavy atom. The van der Waals surface area contributed by atoms with E-state index in [1.807, 2.05) is 18.2 Å². The highest BCUT2D eigenvalue weighted by Gasteiger charge is 2.25. The number of carbonyl (C=O) groups is 1. The Balaban J connectivity index is 1.24. The Bertz CT molecular complexity index is 992. The number of aliphatic hydroxyl groups is 1. The number of amides is 1. The van der Waals surface area contributed by atoms with E-state index in [2.05, 4.69) is 15.2 Å². The lowest BCUT2D eigenvalue weighted by molar-refractivity contribution is 0.0893. The summed E-state index contributed by atoms with van der Waals surface area (Å²) in [5.41, 5.74) is 0.999. The van der Waals surface area contributed by atoms with E-state index in [1.165, 1.54) is 0 Å². The molecule has 0 unspecified atom stereocenters. The van der Waals surface area contributed by atoms with Crippen molar-refractivity contribution in [2.45, 2.75) is 50.7 Å². The van der Waals surface area contributed by atoms with Gasteiger partial charge in [-0.05, 0) is 68.7 Å². The minimum absolute atomic E-state index is 0.0677. The van der Waals surface area contributed by atoms with Crippen molar-refractivity contribution in [1.82, 2.24) is 10.3 Å². The number of carbonyl (C=O) groups excluding carboxylic acids is 1. The van der Waals surface area contributed by atoms with E-state index in [0.717, 1.165) is 57.4 Å². The summed E-state index contributed by atoms with van der Waals surface area (Å²) in [6.45, 7) is 2.01. The third-order valence-electron chi connectivity index (χ3n) is 6.58. The number of pyridine rings is 1. The van der Waals surface area contributed by atoms with Crippen molar-refractivity contribution in [3.63, 3.8) is 0 Å². The number of aliphatic hydroxyl groups excluding tert-OH is 1. The third kappa shape index (κ3) is 5.95. The van der Waals surface area contributed by atoms with Crippen molar-refractivity contribution in [2.24, 2.45) is 5.92 Å². The lowest BCUT2D eigenvalue weighted by Gasteiger charge is -2.32. The van der Waals surface area contributed by atoms with Crippen LogP contribution in [-0.2, 0) is 0 Å². The number of piperidine rings is 1. The van der Waals surface area contributed by atoms with Crippen molar-refractivity contribution in [1.29, 1.82) is 5.26 Å². The molecule has 0 bridgehead atoms. The largest absolute Gasteiger partial charge is 0.490 e. The number of rotatable bonds is 6. The molecule has 174 valence electrons. The molecule has 1 saturated carbocycles. The van der Waals surface area contributed by atoms with Crippen LogP contribution in [0.3, 0.4) is 0 Å². The Kier molecular flexibility index (Phi) is 7.69. The monoisotopic (exact) mass is 468 g/mol. The second-order valence-corrected chi connectivity index (χ2v) is 9.24. The standard InChI is InChI=1S/C25H29ClN4O3/c26-23-13-22(5-1-18(23)14-27)33-21-6-3-20(4-7-21)29-25(32)19-2-8-24(28-15-19)30-11-9-17(16-31)10-12-30/h1-2,5,8,13,15,17,20-21,31H,3-4,6-7,9-12,16H2,(H,29,32). The average Bonchev–Trinajstić information content (AvgIpc) is 2.85. The molecule has 1 aromatic carbocycles. The second kappa shape index (κ2) is 10.9. The second-order valence-electron chi connectivity index (χ2n) is 8.84. The van der Waals surface area contributed by atoms with Crippen LogP contribution in [0.2, 0.25) is 5.02 Å². The van der Waals surface area contributed by atoms with Gasteiger partial charge in [-0.25, -0.2) is 4.98 Å².